The third kappa shape index (κ3) is 3.93. The molecule has 2 aromatic carbocycles. The van der Waals surface area contributed by atoms with E-state index in [1.165, 1.54) is 14.0 Å². The molecule has 7 heteroatoms. The van der Waals surface area contributed by atoms with Gasteiger partial charge in [0.2, 0.25) is 11.7 Å². The summed E-state index contributed by atoms with van der Waals surface area (Å²) in [5, 5.41) is 0. The second kappa shape index (κ2) is 8.04. The summed E-state index contributed by atoms with van der Waals surface area (Å²) in [4.78, 5) is 50.2. The number of amides is 2. The van der Waals surface area contributed by atoms with Gasteiger partial charge < -0.3 is 9.47 Å². The highest BCUT2D eigenvalue weighted by Gasteiger charge is 2.33. The van der Waals surface area contributed by atoms with Gasteiger partial charge in [-0.2, -0.15) is 0 Å². The average Bonchev–Trinajstić information content (AvgIpc) is 2.70. The Bertz CT molecular complexity index is 934. The lowest BCUT2D eigenvalue weighted by Gasteiger charge is -2.26. The molecule has 0 N–H and O–H groups in total. The third-order valence-corrected chi connectivity index (χ3v) is 4.47. The van der Waals surface area contributed by atoms with Gasteiger partial charge >= 0.3 is 5.97 Å². The van der Waals surface area contributed by atoms with Gasteiger partial charge in [0, 0.05) is 11.1 Å². The molecule has 0 bridgehead atoms. The van der Waals surface area contributed by atoms with Crippen LogP contribution in [0, 0.1) is 0 Å². The van der Waals surface area contributed by atoms with Crippen LogP contribution in [0.2, 0.25) is 0 Å². The fraction of sp³-hybridized carbons (Fsp3) is 0.238. The molecule has 0 unspecified atom stereocenters. The van der Waals surface area contributed by atoms with Crippen LogP contribution in [0.25, 0.3) is 0 Å². The number of benzene rings is 2. The molecule has 1 heterocycles. The summed E-state index contributed by atoms with van der Waals surface area (Å²) in [6.07, 6.45) is -1.02. The topological polar surface area (TPSA) is 90.0 Å². The van der Waals surface area contributed by atoms with Crippen molar-refractivity contribution in [2.45, 2.75) is 19.4 Å². The zero-order valence-electron chi connectivity index (χ0n) is 15.5. The molecule has 0 radical (unpaired) electrons. The smallest absolute Gasteiger partial charge is 0.326 e. The number of esters is 1. The zero-order valence-corrected chi connectivity index (χ0v) is 15.5. The molecule has 0 aliphatic carbocycles. The standard InChI is InChI=1S/C21H19NO6/c1-13(20(25)14-7-9-16(27-2)10-8-14)28-19(24)12-22-18(23)11-15-5-3-4-6-17(15)21(22)26/h3-10,13H,11-12H2,1-2H3/t13-/m1/s1. The number of hydrogen-bond acceptors (Lipinski definition) is 6. The predicted octanol–water partition coefficient (Wildman–Crippen LogP) is 2.03. The van der Waals surface area contributed by atoms with Gasteiger partial charge in [0.15, 0.2) is 6.10 Å². The molecule has 1 aliphatic rings. The maximum absolute atomic E-state index is 12.5. The van der Waals surface area contributed by atoms with E-state index in [9.17, 15) is 19.2 Å². The fourth-order valence-corrected chi connectivity index (χ4v) is 2.97. The number of Topliss-reactive ketones (excluding diaryl/α,β-unsaturated/α-hetero) is 1. The molecule has 0 fully saturated rings. The second-order valence-electron chi connectivity index (χ2n) is 6.34. The highest BCUT2D eigenvalue weighted by atomic mass is 16.5. The van der Waals surface area contributed by atoms with Gasteiger partial charge in [0.25, 0.3) is 5.91 Å². The molecule has 0 saturated carbocycles. The average molecular weight is 381 g/mol. The zero-order chi connectivity index (χ0) is 20.3. The van der Waals surface area contributed by atoms with Crippen molar-refractivity contribution in [2.75, 3.05) is 13.7 Å². The number of ketones is 1. The van der Waals surface area contributed by atoms with E-state index >= 15 is 0 Å². The van der Waals surface area contributed by atoms with Crippen LogP contribution in [0.3, 0.4) is 0 Å². The Balaban J connectivity index is 1.64. The van der Waals surface area contributed by atoms with Crippen LogP contribution in [-0.4, -0.2) is 48.2 Å². The van der Waals surface area contributed by atoms with E-state index < -0.39 is 36.2 Å². The molecule has 3 rings (SSSR count). The Morgan fingerprint density at radius 3 is 2.43 bits per heavy atom. The minimum absolute atomic E-state index is 0.0372. The molecule has 1 atom stereocenters. The van der Waals surface area contributed by atoms with Gasteiger partial charge in [-0.25, -0.2) is 0 Å². The van der Waals surface area contributed by atoms with Crippen LogP contribution in [0.1, 0.15) is 33.2 Å². The number of ether oxygens (including phenoxy) is 2. The lowest BCUT2D eigenvalue weighted by Crippen LogP contribution is -2.46. The van der Waals surface area contributed by atoms with E-state index in [0.717, 1.165) is 4.90 Å². The summed E-state index contributed by atoms with van der Waals surface area (Å²) in [5.41, 5.74) is 1.38. The molecular formula is C21H19NO6. The molecule has 144 valence electrons. The minimum atomic E-state index is -1.05. The van der Waals surface area contributed by atoms with E-state index in [4.69, 9.17) is 9.47 Å². The van der Waals surface area contributed by atoms with E-state index in [2.05, 4.69) is 0 Å². The van der Waals surface area contributed by atoms with E-state index in [-0.39, 0.29) is 6.42 Å². The molecule has 0 aromatic heterocycles. The largest absolute Gasteiger partial charge is 0.497 e. The molecule has 28 heavy (non-hydrogen) atoms. The quantitative estimate of drug-likeness (QED) is 0.432. The van der Waals surface area contributed by atoms with Crippen LogP contribution < -0.4 is 4.74 Å². The van der Waals surface area contributed by atoms with Gasteiger partial charge in [0.1, 0.15) is 12.3 Å². The second-order valence-corrected chi connectivity index (χ2v) is 6.34. The van der Waals surface area contributed by atoms with E-state index in [1.807, 2.05) is 0 Å². The van der Waals surface area contributed by atoms with Crippen molar-refractivity contribution >= 4 is 23.6 Å². The SMILES string of the molecule is COc1ccc(C(=O)[C@@H](C)OC(=O)CN2C(=O)Cc3ccccc3C2=O)cc1. The molecule has 7 nitrogen and oxygen atoms in total. The van der Waals surface area contributed by atoms with Crippen LogP contribution >= 0.6 is 0 Å². The number of nitrogens with zero attached hydrogens (tertiary/aromatic N) is 1. The van der Waals surface area contributed by atoms with Crippen molar-refractivity contribution in [2.24, 2.45) is 0 Å². The van der Waals surface area contributed by atoms with E-state index in [0.29, 0.717) is 22.4 Å². The minimum Gasteiger partial charge on any atom is -0.497 e. The number of fused-ring (bicyclic) bond motifs is 1. The third-order valence-electron chi connectivity index (χ3n) is 4.47. The molecule has 0 spiro atoms. The van der Waals surface area contributed by atoms with Gasteiger partial charge in [-0.15, -0.1) is 0 Å². The van der Waals surface area contributed by atoms with Gasteiger partial charge in [-0.05, 0) is 42.8 Å². The Kier molecular flexibility index (Phi) is 5.54. The van der Waals surface area contributed by atoms with Crippen molar-refractivity contribution < 1.29 is 28.7 Å². The Morgan fingerprint density at radius 2 is 1.75 bits per heavy atom. The number of methoxy groups -OCH3 is 1. The summed E-state index contributed by atoms with van der Waals surface area (Å²) in [7, 11) is 1.52. The molecule has 2 aromatic rings. The van der Waals surface area contributed by atoms with Gasteiger partial charge in [-0.1, -0.05) is 18.2 Å². The number of imide groups is 1. The molecular weight excluding hydrogens is 362 g/mol. The summed E-state index contributed by atoms with van der Waals surface area (Å²) >= 11 is 0. The summed E-state index contributed by atoms with van der Waals surface area (Å²) < 4.78 is 10.2. The maximum atomic E-state index is 12.5. The van der Waals surface area contributed by atoms with E-state index in [1.54, 1.807) is 48.5 Å². The van der Waals surface area contributed by atoms with Crippen molar-refractivity contribution in [3.8, 4) is 5.75 Å². The Hall–Kier alpha value is -3.48. The van der Waals surface area contributed by atoms with Crippen LogP contribution in [0.5, 0.6) is 5.75 Å². The molecule has 2 amide bonds. The lowest BCUT2D eigenvalue weighted by molar-refractivity contribution is -0.150. The number of carbonyl (C=O) groups excluding carboxylic acids is 4. The van der Waals surface area contributed by atoms with Crippen LogP contribution in [0.15, 0.2) is 48.5 Å². The summed E-state index contributed by atoms with van der Waals surface area (Å²) in [5.74, 6) is -1.63. The highest BCUT2D eigenvalue weighted by molar-refractivity contribution is 6.11. The van der Waals surface area contributed by atoms with Crippen LogP contribution in [0.4, 0.5) is 0 Å². The highest BCUT2D eigenvalue weighted by Crippen LogP contribution is 2.20. The first-order valence-electron chi connectivity index (χ1n) is 8.71. The summed E-state index contributed by atoms with van der Waals surface area (Å²) in [6.45, 7) is 0.909. The number of hydrogen-bond donors (Lipinski definition) is 0. The van der Waals surface area contributed by atoms with Crippen molar-refractivity contribution in [1.29, 1.82) is 0 Å². The van der Waals surface area contributed by atoms with Crippen molar-refractivity contribution in [3.05, 3.63) is 65.2 Å². The van der Waals surface area contributed by atoms with Crippen LogP contribution in [-0.2, 0) is 20.7 Å². The Labute approximate surface area is 161 Å². The van der Waals surface area contributed by atoms with Gasteiger partial charge in [-0.3, -0.25) is 24.1 Å². The number of rotatable bonds is 6. The normalized spacial score (nSPS) is 14.3. The van der Waals surface area contributed by atoms with Gasteiger partial charge in [0.05, 0.1) is 13.5 Å². The maximum Gasteiger partial charge on any atom is 0.326 e. The number of carbonyl (C=O) groups is 4. The molecule has 1 aliphatic heterocycles. The fourth-order valence-electron chi connectivity index (χ4n) is 2.97. The first kappa shape index (κ1) is 19.3. The predicted molar refractivity (Wildman–Crippen MR) is 99.1 cm³/mol. The van der Waals surface area contributed by atoms with Crippen molar-refractivity contribution in [3.63, 3.8) is 0 Å². The summed E-state index contributed by atoms with van der Waals surface area (Å²) in [6, 6.07) is 13.2. The lowest BCUT2D eigenvalue weighted by atomic mass is 9.98. The Morgan fingerprint density at radius 1 is 1.07 bits per heavy atom. The first-order valence-corrected chi connectivity index (χ1v) is 8.71. The first-order chi connectivity index (χ1) is 13.4. The van der Waals surface area contributed by atoms with Crippen molar-refractivity contribution in [1.82, 2.24) is 4.90 Å². The molecule has 0 saturated heterocycles. The monoisotopic (exact) mass is 381 g/mol.